The van der Waals surface area contributed by atoms with Gasteiger partial charge < -0.3 is 10.2 Å². The third kappa shape index (κ3) is 2.33. The van der Waals surface area contributed by atoms with Crippen LogP contribution in [0, 0.1) is 10.1 Å². The lowest BCUT2D eigenvalue weighted by molar-refractivity contribution is -0.384. The maximum Gasteiger partial charge on any atom is 0.275 e. The molecule has 0 radical (unpaired) electrons. The minimum Gasteiger partial charge on any atom is -0.332 e. The number of benzene rings is 1. The van der Waals surface area contributed by atoms with Crippen LogP contribution in [-0.2, 0) is 0 Å². The molecule has 0 saturated carbocycles. The number of nitrogens with one attached hydrogen (secondary N) is 2. The third-order valence-electron chi connectivity index (χ3n) is 3.72. The number of nitro groups is 1. The van der Waals surface area contributed by atoms with Gasteiger partial charge in [-0.25, -0.2) is 0 Å². The Morgan fingerprint density at radius 2 is 2.33 bits per heavy atom. The molecular formula is C13H15N5O3. The van der Waals surface area contributed by atoms with Crippen LogP contribution in [0.1, 0.15) is 17.4 Å². The predicted octanol–water partition coefficient (Wildman–Crippen LogP) is 0.905. The molecule has 0 bridgehead atoms. The Kier molecular flexibility index (Phi) is 3.30. The van der Waals surface area contributed by atoms with Crippen molar-refractivity contribution in [3.8, 4) is 0 Å². The predicted molar refractivity (Wildman–Crippen MR) is 76.1 cm³/mol. The molecule has 0 aliphatic carbocycles. The number of H-pyrrole nitrogens is 1. The molecule has 1 aliphatic heterocycles. The summed E-state index contributed by atoms with van der Waals surface area (Å²) in [6.07, 6.45) is 0. The highest BCUT2D eigenvalue weighted by molar-refractivity contribution is 6.05. The van der Waals surface area contributed by atoms with E-state index in [2.05, 4.69) is 15.5 Å². The Bertz CT molecular complexity index is 711. The van der Waals surface area contributed by atoms with Crippen LogP contribution in [0.15, 0.2) is 18.2 Å². The fourth-order valence-corrected chi connectivity index (χ4v) is 2.56. The van der Waals surface area contributed by atoms with E-state index >= 15 is 0 Å². The number of fused-ring (bicyclic) bond motifs is 1. The first-order chi connectivity index (χ1) is 10.1. The number of piperazine rings is 1. The molecule has 8 heteroatoms. The summed E-state index contributed by atoms with van der Waals surface area (Å²) >= 11 is 0. The molecule has 1 fully saturated rings. The maximum atomic E-state index is 12.6. The molecule has 3 rings (SSSR count). The molecule has 1 saturated heterocycles. The Morgan fingerprint density at radius 1 is 1.52 bits per heavy atom. The summed E-state index contributed by atoms with van der Waals surface area (Å²) in [5, 5.41) is 21.4. The summed E-state index contributed by atoms with van der Waals surface area (Å²) in [4.78, 5) is 24.7. The molecule has 21 heavy (non-hydrogen) atoms. The van der Waals surface area contributed by atoms with Crippen molar-refractivity contribution in [3.63, 3.8) is 0 Å². The smallest absolute Gasteiger partial charge is 0.275 e. The van der Waals surface area contributed by atoms with Crippen LogP contribution in [0.25, 0.3) is 10.9 Å². The summed E-state index contributed by atoms with van der Waals surface area (Å²) in [6.45, 7) is 4.03. The number of nitro benzene ring substituents is 1. The Labute approximate surface area is 120 Å². The van der Waals surface area contributed by atoms with E-state index in [-0.39, 0.29) is 23.3 Å². The summed E-state index contributed by atoms with van der Waals surface area (Å²) in [7, 11) is 0. The maximum absolute atomic E-state index is 12.6. The van der Waals surface area contributed by atoms with Crippen LogP contribution < -0.4 is 5.32 Å². The number of nitrogens with zero attached hydrogens (tertiary/aromatic N) is 3. The largest absolute Gasteiger partial charge is 0.332 e. The first-order valence-corrected chi connectivity index (χ1v) is 6.72. The van der Waals surface area contributed by atoms with Gasteiger partial charge in [0.2, 0.25) is 0 Å². The fourth-order valence-electron chi connectivity index (χ4n) is 2.56. The fraction of sp³-hybridized carbons (Fsp3) is 0.385. The van der Waals surface area contributed by atoms with Gasteiger partial charge in [-0.15, -0.1) is 0 Å². The van der Waals surface area contributed by atoms with Gasteiger partial charge in [0.25, 0.3) is 11.6 Å². The summed E-state index contributed by atoms with van der Waals surface area (Å²) in [6, 6.07) is 4.41. The van der Waals surface area contributed by atoms with Crippen LogP contribution in [0.5, 0.6) is 0 Å². The molecule has 0 spiro atoms. The van der Waals surface area contributed by atoms with E-state index in [0.29, 0.717) is 17.4 Å². The van der Waals surface area contributed by atoms with E-state index in [1.807, 2.05) is 6.92 Å². The van der Waals surface area contributed by atoms with Crippen molar-refractivity contribution in [3.05, 3.63) is 34.0 Å². The van der Waals surface area contributed by atoms with E-state index < -0.39 is 4.92 Å². The van der Waals surface area contributed by atoms with Gasteiger partial charge in [-0.3, -0.25) is 20.0 Å². The average Bonchev–Trinajstić information content (AvgIpc) is 2.90. The van der Waals surface area contributed by atoms with Crippen molar-refractivity contribution >= 4 is 22.5 Å². The molecule has 1 amide bonds. The van der Waals surface area contributed by atoms with Crippen LogP contribution in [-0.4, -0.2) is 51.6 Å². The molecule has 1 aromatic carbocycles. The number of aromatic amines is 1. The molecule has 1 atom stereocenters. The van der Waals surface area contributed by atoms with E-state index in [1.54, 1.807) is 11.0 Å². The highest BCUT2D eigenvalue weighted by Gasteiger charge is 2.27. The second kappa shape index (κ2) is 5.13. The minimum absolute atomic E-state index is 0.0497. The third-order valence-corrected chi connectivity index (χ3v) is 3.72. The monoisotopic (exact) mass is 289 g/mol. The van der Waals surface area contributed by atoms with E-state index in [4.69, 9.17) is 0 Å². The molecular weight excluding hydrogens is 274 g/mol. The van der Waals surface area contributed by atoms with E-state index in [1.165, 1.54) is 12.1 Å². The van der Waals surface area contributed by atoms with Gasteiger partial charge in [0, 0.05) is 43.2 Å². The molecule has 0 unspecified atom stereocenters. The highest BCUT2D eigenvalue weighted by atomic mass is 16.6. The van der Waals surface area contributed by atoms with Gasteiger partial charge in [-0.05, 0) is 13.0 Å². The highest BCUT2D eigenvalue weighted by Crippen LogP contribution is 2.23. The second-order valence-corrected chi connectivity index (χ2v) is 5.11. The molecule has 1 aliphatic rings. The topological polar surface area (TPSA) is 104 Å². The van der Waals surface area contributed by atoms with Crippen LogP contribution in [0.4, 0.5) is 5.69 Å². The van der Waals surface area contributed by atoms with Gasteiger partial charge >= 0.3 is 0 Å². The summed E-state index contributed by atoms with van der Waals surface area (Å²) in [5.41, 5.74) is 0.806. The minimum atomic E-state index is -0.478. The van der Waals surface area contributed by atoms with Crippen LogP contribution in [0.2, 0.25) is 0 Å². The van der Waals surface area contributed by atoms with Crippen molar-refractivity contribution in [2.45, 2.75) is 13.0 Å². The number of rotatable bonds is 2. The van der Waals surface area contributed by atoms with Crippen molar-refractivity contribution in [1.29, 1.82) is 0 Å². The second-order valence-electron chi connectivity index (χ2n) is 5.11. The van der Waals surface area contributed by atoms with Gasteiger partial charge in [-0.1, -0.05) is 0 Å². The normalized spacial score (nSPS) is 18.9. The van der Waals surface area contributed by atoms with Crippen molar-refractivity contribution in [2.75, 3.05) is 19.6 Å². The van der Waals surface area contributed by atoms with Crippen molar-refractivity contribution in [2.24, 2.45) is 0 Å². The Hall–Kier alpha value is -2.48. The van der Waals surface area contributed by atoms with Crippen LogP contribution >= 0.6 is 0 Å². The SMILES string of the molecule is C[C@H]1CNCCN1C(=O)c1n[nH]c2ccc([N+](=O)[O-])cc12. The first kappa shape index (κ1) is 13.5. The molecule has 1 aromatic heterocycles. The summed E-state index contributed by atoms with van der Waals surface area (Å²) in [5.74, 6) is -0.198. The van der Waals surface area contributed by atoms with E-state index in [9.17, 15) is 14.9 Å². The Balaban J connectivity index is 2.01. The van der Waals surface area contributed by atoms with E-state index in [0.717, 1.165) is 13.1 Å². The number of hydrogen-bond donors (Lipinski definition) is 2. The van der Waals surface area contributed by atoms with Gasteiger partial charge in [0.1, 0.15) is 0 Å². The lowest BCUT2D eigenvalue weighted by Gasteiger charge is -2.33. The molecule has 2 N–H and O–H groups in total. The van der Waals surface area contributed by atoms with Crippen LogP contribution in [0.3, 0.4) is 0 Å². The van der Waals surface area contributed by atoms with Gasteiger partial charge in [-0.2, -0.15) is 5.10 Å². The molecule has 110 valence electrons. The number of carbonyl (C=O) groups excluding carboxylic acids is 1. The average molecular weight is 289 g/mol. The number of hydrogen-bond acceptors (Lipinski definition) is 5. The number of aromatic nitrogens is 2. The molecule has 2 heterocycles. The zero-order chi connectivity index (χ0) is 15.0. The van der Waals surface area contributed by atoms with Crippen molar-refractivity contribution in [1.82, 2.24) is 20.4 Å². The lowest BCUT2D eigenvalue weighted by atomic mass is 10.1. The standard InChI is InChI=1S/C13H15N5O3/c1-8-7-14-4-5-17(8)13(19)12-10-6-9(18(20)21)2-3-11(10)15-16-12/h2-3,6,8,14H,4-5,7H2,1H3,(H,15,16)/t8-/m0/s1. The molecule has 2 aromatic rings. The zero-order valence-corrected chi connectivity index (χ0v) is 11.5. The first-order valence-electron chi connectivity index (χ1n) is 6.72. The quantitative estimate of drug-likeness (QED) is 0.631. The zero-order valence-electron chi connectivity index (χ0n) is 11.5. The number of amides is 1. The molecule has 8 nitrogen and oxygen atoms in total. The Morgan fingerprint density at radius 3 is 3.05 bits per heavy atom. The summed E-state index contributed by atoms with van der Waals surface area (Å²) < 4.78 is 0. The van der Waals surface area contributed by atoms with Gasteiger partial charge in [0.15, 0.2) is 5.69 Å². The number of non-ortho nitro benzene ring substituents is 1. The van der Waals surface area contributed by atoms with Gasteiger partial charge in [0.05, 0.1) is 10.4 Å². The van der Waals surface area contributed by atoms with Crippen molar-refractivity contribution < 1.29 is 9.72 Å². The lowest BCUT2D eigenvalue weighted by Crippen LogP contribution is -2.52. The number of carbonyl (C=O) groups is 1.